The first-order valence-corrected chi connectivity index (χ1v) is 8.52. The summed E-state index contributed by atoms with van der Waals surface area (Å²) < 4.78 is 5.18. The highest BCUT2D eigenvalue weighted by atomic mass is 16.5. The van der Waals surface area contributed by atoms with Crippen molar-refractivity contribution in [3.63, 3.8) is 0 Å². The number of carbonyl (C=O) groups is 1. The molecule has 1 saturated heterocycles. The lowest BCUT2D eigenvalue weighted by atomic mass is 9.87. The van der Waals surface area contributed by atoms with Crippen LogP contribution < -0.4 is 9.64 Å². The number of nitrogens with one attached hydrogen (secondary N) is 1. The molecule has 1 heterocycles. The minimum absolute atomic E-state index is 0.146. The quantitative estimate of drug-likeness (QED) is 0.792. The van der Waals surface area contributed by atoms with Crippen LogP contribution in [0.25, 0.3) is 0 Å². The molecule has 1 amide bonds. The zero-order chi connectivity index (χ0) is 16.8. The molecular weight excluding hydrogens is 292 g/mol. The van der Waals surface area contributed by atoms with E-state index in [1.165, 1.54) is 4.90 Å². The van der Waals surface area contributed by atoms with Crippen LogP contribution >= 0.6 is 0 Å². The molecule has 23 heavy (non-hydrogen) atoms. The Labute approximate surface area is 138 Å². The molecule has 1 fully saturated rings. The van der Waals surface area contributed by atoms with Gasteiger partial charge in [-0.15, -0.1) is 0 Å². The molecule has 2 N–H and O–H groups in total. The van der Waals surface area contributed by atoms with Crippen molar-refractivity contribution in [2.45, 2.75) is 32.3 Å². The SMILES string of the molecule is CCN(CC)C(=O)C[NH+]1CC[C@H](c2ccc(OC)cc2)[C@H](O)C1. The lowest BCUT2D eigenvalue weighted by molar-refractivity contribution is -0.901. The van der Waals surface area contributed by atoms with E-state index in [0.29, 0.717) is 13.1 Å². The molecule has 0 aromatic heterocycles. The number of aliphatic hydroxyl groups excluding tert-OH is 1. The number of carbonyl (C=O) groups excluding carboxylic acids is 1. The first-order valence-electron chi connectivity index (χ1n) is 8.52. The number of rotatable bonds is 6. The number of hydrogen-bond donors (Lipinski definition) is 2. The zero-order valence-electron chi connectivity index (χ0n) is 14.4. The molecule has 1 aromatic rings. The van der Waals surface area contributed by atoms with Gasteiger partial charge in [-0.3, -0.25) is 4.79 Å². The lowest BCUT2D eigenvalue weighted by Crippen LogP contribution is -3.15. The molecule has 1 aliphatic heterocycles. The second-order valence-corrected chi connectivity index (χ2v) is 6.18. The van der Waals surface area contributed by atoms with Crippen molar-refractivity contribution in [1.29, 1.82) is 0 Å². The number of ether oxygens (including phenoxy) is 1. The molecule has 5 heteroatoms. The second kappa shape index (κ2) is 8.31. The van der Waals surface area contributed by atoms with Gasteiger partial charge in [-0.2, -0.15) is 0 Å². The number of quaternary nitrogens is 1. The Morgan fingerprint density at radius 2 is 1.96 bits per heavy atom. The first-order chi connectivity index (χ1) is 11.1. The van der Waals surface area contributed by atoms with Crippen molar-refractivity contribution in [3.05, 3.63) is 29.8 Å². The van der Waals surface area contributed by atoms with Crippen LogP contribution in [-0.4, -0.2) is 61.9 Å². The standard InChI is InChI=1S/C18H28N2O3/c1-4-20(5-2)18(22)13-19-11-10-16(17(21)12-19)14-6-8-15(23-3)9-7-14/h6-9,16-17,21H,4-5,10-13H2,1-3H3/p+1/t16-,17-/m1/s1. The Kier molecular flexibility index (Phi) is 6.42. The van der Waals surface area contributed by atoms with Crippen molar-refractivity contribution in [2.24, 2.45) is 0 Å². The topological polar surface area (TPSA) is 54.2 Å². The average molecular weight is 321 g/mol. The largest absolute Gasteiger partial charge is 0.497 e. The fraction of sp³-hybridized carbons (Fsp3) is 0.611. The summed E-state index contributed by atoms with van der Waals surface area (Å²) in [5, 5.41) is 10.5. The molecule has 1 aromatic carbocycles. The molecular formula is C18H29N2O3+. The fourth-order valence-corrected chi connectivity index (χ4v) is 3.39. The number of likely N-dealkylation sites (N-methyl/N-ethyl adjacent to an activating group) is 1. The van der Waals surface area contributed by atoms with Crippen molar-refractivity contribution in [2.75, 3.05) is 39.8 Å². The van der Waals surface area contributed by atoms with E-state index >= 15 is 0 Å². The van der Waals surface area contributed by atoms with Crippen LogP contribution in [0.2, 0.25) is 0 Å². The summed E-state index contributed by atoms with van der Waals surface area (Å²) >= 11 is 0. The van der Waals surface area contributed by atoms with E-state index in [2.05, 4.69) is 0 Å². The van der Waals surface area contributed by atoms with Crippen LogP contribution in [0.5, 0.6) is 5.75 Å². The van der Waals surface area contributed by atoms with Crippen molar-refractivity contribution in [1.82, 2.24) is 4.90 Å². The summed E-state index contributed by atoms with van der Waals surface area (Å²) in [6.07, 6.45) is 0.491. The molecule has 3 atom stereocenters. The second-order valence-electron chi connectivity index (χ2n) is 6.18. The average Bonchev–Trinajstić information content (AvgIpc) is 2.56. The highest BCUT2D eigenvalue weighted by Crippen LogP contribution is 2.26. The number of methoxy groups -OCH3 is 1. The van der Waals surface area contributed by atoms with Gasteiger partial charge in [0.2, 0.25) is 0 Å². The van der Waals surface area contributed by atoms with Gasteiger partial charge >= 0.3 is 0 Å². The third-order valence-corrected chi connectivity index (χ3v) is 4.83. The zero-order valence-corrected chi connectivity index (χ0v) is 14.4. The minimum Gasteiger partial charge on any atom is -0.497 e. The molecule has 2 rings (SSSR count). The number of amides is 1. The van der Waals surface area contributed by atoms with E-state index in [0.717, 1.165) is 37.4 Å². The Balaban J connectivity index is 1.92. The van der Waals surface area contributed by atoms with E-state index in [4.69, 9.17) is 4.74 Å². The predicted molar refractivity (Wildman–Crippen MR) is 89.9 cm³/mol. The Bertz CT molecular complexity index is 499. The summed E-state index contributed by atoms with van der Waals surface area (Å²) in [5.41, 5.74) is 1.15. The number of nitrogens with zero attached hydrogens (tertiary/aromatic N) is 1. The van der Waals surface area contributed by atoms with Gasteiger partial charge < -0.3 is 19.6 Å². The molecule has 0 spiro atoms. The highest BCUT2D eigenvalue weighted by Gasteiger charge is 2.33. The number of benzene rings is 1. The van der Waals surface area contributed by atoms with Gasteiger partial charge in [0.15, 0.2) is 6.54 Å². The minimum atomic E-state index is -0.406. The predicted octanol–water partition coefficient (Wildman–Crippen LogP) is 0.297. The third kappa shape index (κ3) is 4.45. The molecule has 0 radical (unpaired) electrons. The van der Waals surface area contributed by atoms with Crippen molar-refractivity contribution >= 4 is 5.91 Å². The number of hydrogen-bond acceptors (Lipinski definition) is 3. The normalized spacial score (nSPS) is 24.3. The summed E-state index contributed by atoms with van der Waals surface area (Å²) in [4.78, 5) is 15.2. The Hall–Kier alpha value is -1.59. The van der Waals surface area contributed by atoms with E-state index < -0.39 is 6.10 Å². The van der Waals surface area contributed by atoms with Crippen molar-refractivity contribution < 1.29 is 19.5 Å². The molecule has 0 saturated carbocycles. The molecule has 128 valence electrons. The maximum Gasteiger partial charge on any atom is 0.277 e. The van der Waals surface area contributed by atoms with Gasteiger partial charge in [-0.25, -0.2) is 0 Å². The monoisotopic (exact) mass is 321 g/mol. The van der Waals surface area contributed by atoms with Crippen LogP contribution in [0.15, 0.2) is 24.3 Å². The number of piperidine rings is 1. The summed E-state index contributed by atoms with van der Waals surface area (Å²) in [5.74, 6) is 1.16. The van der Waals surface area contributed by atoms with Crippen LogP contribution in [0, 0.1) is 0 Å². The summed E-state index contributed by atoms with van der Waals surface area (Å²) in [6.45, 7) is 7.53. The van der Waals surface area contributed by atoms with Crippen LogP contribution in [0.3, 0.4) is 0 Å². The van der Waals surface area contributed by atoms with Crippen LogP contribution in [0.1, 0.15) is 31.7 Å². The summed E-state index contributed by atoms with van der Waals surface area (Å²) in [7, 11) is 1.65. The summed E-state index contributed by atoms with van der Waals surface area (Å²) in [6, 6.07) is 7.92. The lowest BCUT2D eigenvalue weighted by Gasteiger charge is -2.34. The highest BCUT2D eigenvalue weighted by molar-refractivity contribution is 5.77. The maximum atomic E-state index is 12.2. The van der Waals surface area contributed by atoms with E-state index in [-0.39, 0.29) is 11.8 Å². The van der Waals surface area contributed by atoms with Gasteiger partial charge in [0.25, 0.3) is 5.91 Å². The van der Waals surface area contributed by atoms with E-state index in [1.807, 2.05) is 43.0 Å². The van der Waals surface area contributed by atoms with Crippen molar-refractivity contribution in [3.8, 4) is 5.75 Å². The van der Waals surface area contributed by atoms with Gasteiger partial charge in [0, 0.05) is 25.4 Å². The van der Waals surface area contributed by atoms with E-state index in [1.54, 1.807) is 7.11 Å². The van der Waals surface area contributed by atoms with Crippen LogP contribution in [0.4, 0.5) is 0 Å². The molecule has 1 unspecified atom stereocenters. The molecule has 0 aliphatic carbocycles. The van der Waals surface area contributed by atoms with Gasteiger partial charge in [0.1, 0.15) is 18.4 Å². The van der Waals surface area contributed by atoms with E-state index in [9.17, 15) is 9.90 Å². The Morgan fingerprint density at radius 3 is 2.48 bits per heavy atom. The Morgan fingerprint density at radius 1 is 1.30 bits per heavy atom. The molecule has 0 bridgehead atoms. The van der Waals surface area contributed by atoms with Gasteiger partial charge in [-0.1, -0.05) is 12.1 Å². The fourth-order valence-electron chi connectivity index (χ4n) is 3.39. The van der Waals surface area contributed by atoms with Gasteiger partial charge in [0.05, 0.1) is 13.7 Å². The molecule has 1 aliphatic rings. The number of likely N-dealkylation sites (tertiary alicyclic amines) is 1. The third-order valence-electron chi connectivity index (χ3n) is 4.83. The molecule has 5 nitrogen and oxygen atoms in total. The smallest absolute Gasteiger partial charge is 0.277 e. The van der Waals surface area contributed by atoms with Crippen LogP contribution in [-0.2, 0) is 4.79 Å². The maximum absolute atomic E-state index is 12.2. The first kappa shape index (κ1) is 17.8. The number of aliphatic hydroxyl groups is 1. The van der Waals surface area contributed by atoms with Gasteiger partial charge in [-0.05, 0) is 31.5 Å².